The lowest BCUT2D eigenvalue weighted by Gasteiger charge is -2.32. The van der Waals surface area contributed by atoms with Crippen LogP contribution in [0.5, 0.6) is 0 Å². The molecule has 1 atom stereocenters. The molecule has 7 heteroatoms. The third-order valence-electron chi connectivity index (χ3n) is 4.06. The minimum absolute atomic E-state index is 0.0142. The zero-order valence-corrected chi connectivity index (χ0v) is 13.4. The lowest BCUT2D eigenvalue weighted by molar-refractivity contribution is -0.120. The van der Waals surface area contributed by atoms with Crippen molar-refractivity contribution in [3.63, 3.8) is 0 Å². The van der Waals surface area contributed by atoms with Crippen molar-refractivity contribution >= 4 is 11.8 Å². The highest BCUT2D eigenvalue weighted by Gasteiger charge is 2.26. The largest absolute Gasteiger partial charge is 0.352 e. The van der Waals surface area contributed by atoms with Crippen LogP contribution >= 0.6 is 0 Å². The first-order chi connectivity index (χ1) is 11.5. The molecule has 3 rings (SSSR count). The number of nitrogens with one attached hydrogen (secondary N) is 2. The quantitative estimate of drug-likeness (QED) is 0.903. The van der Waals surface area contributed by atoms with Gasteiger partial charge in [0, 0.05) is 31.6 Å². The van der Waals surface area contributed by atoms with Crippen LogP contribution in [0.15, 0.2) is 30.3 Å². The Hall–Kier alpha value is -2.70. The molecule has 126 valence electrons. The molecule has 0 radical (unpaired) electrons. The van der Waals surface area contributed by atoms with Crippen LogP contribution in [0.4, 0.5) is 4.39 Å². The van der Waals surface area contributed by atoms with Gasteiger partial charge in [0.25, 0.3) is 5.91 Å². The number of aromatic nitrogens is 2. The maximum atomic E-state index is 13.0. The number of hydrogen-bond donors (Lipinski definition) is 2. The van der Waals surface area contributed by atoms with Gasteiger partial charge in [-0.05, 0) is 43.2 Å². The number of H-pyrrole nitrogens is 1. The second-order valence-corrected chi connectivity index (χ2v) is 5.96. The highest BCUT2D eigenvalue weighted by molar-refractivity contribution is 5.93. The number of halogens is 1. The van der Waals surface area contributed by atoms with E-state index in [4.69, 9.17) is 0 Å². The Morgan fingerprint density at radius 1 is 1.33 bits per heavy atom. The number of amides is 2. The van der Waals surface area contributed by atoms with Crippen LogP contribution < -0.4 is 5.32 Å². The average molecular weight is 330 g/mol. The summed E-state index contributed by atoms with van der Waals surface area (Å²) in [4.78, 5) is 25.5. The Balaban J connectivity index is 1.71. The number of benzene rings is 1. The van der Waals surface area contributed by atoms with E-state index in [2.05, 4.69) is 15.5 Å². The van der Waals surface area contributed by atoms with Gasteiger partial charge < -0.3 is 10.2 Å². The zero-order valence-electron chi connectivity index (χ0n) is 13.4. The first kappa shape index (κ1) is 16.2. The molecule has 0 spiro atoms. The second-order valence-electron chi connectivity index (χ2n) is 5.96. The summed E-state index contributed by atoms with van der Waals surface area (Å²) in [5, 5.41) is 9.74. The minimum Gasteiger partial charge on any atom is -0.352 e. The molecule has 0 aliphatic carbocycles. The van der Waals surface area contributed by atoms with Gasteiger partial charge >= 0.3 is 0 Å². The maximum Gasteiger partial charge on any atom is 0.271 e. The molecule has 24 heavy (non-hydrogen) atoms. The van der Waals surface area contributed by atoms with Gasteiger partial charge in [-0.25, -0.2) is 4.39 Å². The van der Waals surface area contributed by atoms with Crippen LogP contribution in [-0.4, -0.2) is 46.0 Å². The fraction of sp³-hybridized carbons (Fsp3) is 0.353. The van der Waals surface area contributed by atoms with E-state index in [1.165, 1.54) is 19.1 Å². The number of rotatable bonds is 3. The number of piperidine rings is 1. The topological polar surface area (TPSA) is 78.1 Å². The highest BCUT2D eigenvalue weighted by Crippen LogP contribution is 2.20. The Labute approximate surface area is 139 Å². The number of likely N-dealkylation sites (tertiary alicyclic amines) is 1. The first-order valence-corrected chi connectivity index (χ1v) is 7.90. The molecule has 0 saturated carbocycles. The third-order valence-corrected chi connectivity index (χ3v) is 4.06. The Bertz CT molecular complexity index is 741. The molecular weight excluding hydrogens is 311 g/mol. The molecule has 0 bridgehead atoms. The minimum atomic E-state index is -0.317. The van der Waals surface area contributed by atoms with Gasteiger partial charge in [-0.1, -0.05) is 0 Å². The molecule has 6 nitrogen and oxygen atoms in total. The van der Waals surface area contributed by atoms with E-state index in [0.29, 0.717) is 24.5 Å². The monoisotopic (exact) mass is 330 g/mol. The SMILES string of the molecule is CC(=O)NC1CCCN(C(=O)c2cc(-c3ccc(F)cc3)n[nH]2)C1. The van der Waals surface area contributed by atoms with Crippen LogP contribution in [-0.2, 0) is 4.79 Å². The summed E-state index contributed by atoms with van der Waals surface area (Å²) in [6.07, 6.45) is 1.71. The molecule has 1 aliphatic rings. The summed E-state index contributed by atoms with van der Waals surface area (Å²) in [5.74, 6) is -0.553. The van der Waals surface area contributed by atoms with Crippen molar-refractivity contribution in [2.24, 2.45) is 0 Å². The Morgan fingerprint density at radius 2 is 2.08 bits per heavy atom. The van der Waals surface area contributed by atoms with Gasteiger partial charge in [0.05, 0.1) is 5.69 Å². The van der Waals surface area contributed by atoms with E-state index in [1.54, 1.807) is 23.1 Å². The zero-order chi connectivity index (χ0) is 17.1. The van der Waals surface area contributed by atoms with Crippen LogP contribution in [0.2, 0.25) is 0 Å². The van der Waals surface area contributed by atoms with Crippen LogP contribution in [0.25, 0.3) is 11.3 Å². The molecule has 1 aromatic heterocycles. The van der Waals surface area contributed by atoms with Crippen molar-refractivity contribution in [3.05, 3.63) is 41.8 Å². The van der Waals surface area contributed by atoms with Gasteiger partial charge in [-0.3, -0.25) is 14.7 Å². The fourth-order valence-corrected chi connectivity index (χ4v) is 2.94. The summed E-state index contributed by atoms with van der Waals surface area (Å²) in [7, 11) is 0. The molecule has 2 heterocycles. The molecule has 1 fully saturated rings. The van der Waals surface area contributed by atoms with Crippen molar-refractivity contribution < 1.29 is 14.0 Å². The fourth-order valence-electron chi connectivity index (χ4n) is 2.94. The lowest BCUT2D eigenvalue weighted by atomic mass is 10.1. The van der Waals surface area contributed by atoms with Crippen LogP contribution in [0.1, 0.15) is 30.3 Å². The number of hydrogen-bond acceptors (Lipinski definition) is 3. The summed E-state index contributed by atoms with van der Waals surface area (Å²) in [5.41, 5.74) is 1.72. The predicted molar refractivity (Wildman–Crippen MR) is 86.7 cm³/mol. The van der Waals surface area contributed by atoms with Gasteiger partial charge in [-0.15, -0.1) is 0 Å². The smallest absolute Gasteiger partial charge is 0.271 e. The van der Waals surface area contributed by atoms with E-state index in [9.17, 15) is 14.0 Å². The van der Waals surface area contributed by atoms with Crippen LogP contribution in [0.3, 0.4) is 0 Å². The number of carbonyl (C=O) groups is 2. The van der Waals surface area contributed by atoms with E-state index in [1.807, 2.05) is 0 Å². The molecule has 1 aromatic carbocycles. The normalized spacial score (nSPS) is 17.6. The number of nitrogens with zero attached hydrogens (tertiary/aromatic N) is 2. The average Bonchev–Trinajstić information content (AvgIpc) is 3.04. The molecule has 1 saturated heterocycles. The first-order valence-electron chi connectivity index (χ1n) is 7.90. The molecule has 2 aromatic rings. The van der Waals surface area contributed by atoms with Crippen LogP contribution in [0, 0.1) is 5.82 Å². The van der Waals surface area contributed by atoms with Crippen molar-refractivity contribution in [2.75, 3.05) is 13.1 Å². The molecule has 1 unspecified atom stereocenters. The third kappa shape index (κ3) is 3.61. The Morgan fingerprint density at radius 3 is 2.79 bits per heavy atom. The van der Waals surface area contributed by atoms with Crippen molar-refractivity contribution in [1.82, 2.24) is 20.4 Å². The predicted octanol–water partition coefficient (Wildman–Crippen LogP) is 1.96. The number of aromatic amines is 1. The maximum absolute atomic E-state index is 13.0. The standard InChI is InChI=1S/C17H19FN4O2/c1-11(23)19-14-3-2-8-22(10-14)17(24)16-9-15(20-21-16)12-4-6-13(18)7-5-12/h4-7,9,14H,2-3,8,10H2,1H3,(H,19,23)(H,20,21). The van der Waals surface area contributed by atoms with Crippen molar-refractivity contribution in [2.45, 2.75) is 25.8 Å². The van der Waals surface area contributed by atoms with Gasteiger partial charge in [0.1, 0.15) is 11.5 Å². The Kier molecular flexibility index (Phi) is 4.59. The van der Waals surface area contributed by atoms with E-state index in [-0.39, 0.29) is 23.7 Å². The van der Waals surface area contributed by atoms with Gasteiger partial charge in [-0.2, -0.15) is 5.10 Å². The molecular formula is C17H19FN4O2. The van der Waals surface area contributed by atoms with Gasteiger partial charge in [0.15, 0.2) is 0 Å². The second kappa shape index (κ2) is 6.82. The van der Waals surface area contributed by atoms with Gasteiger partial charge in [0.2, 0.25) is 5.91 Å². The van der Waals surface area contributed by atoms with Crippen molar-refractivity contribution in [1.29, 1.82) is 0 Å². The summed E-state index contributed by atoms with van der Waals surface area (Å²) < 4.78 is 13.0. The summed E-state index contributed by atoms with van der Waals surface area (Å²) >= 11 is 0. The molecule has 2 amide bonds. The van der Waals surface area contributed by atoms with E-state index >= 15 is 0 Å². The molecule has 2 N–H and O–H groups in total. The summed E-state index contributed by atoms with van der Waals surface area (Å²) in [6.45, 7) is 2.62. The lowest BCUT2D eigenvalue weighted by Crippen LogP contribution is -2.49. The summed E-state index contributed by atoms with van der Waals surface area (Å²) in [6, 6.07) is 7.60. The highest BCUT2D eigenvalue weighted by atomic mass is 19.1. The van der Waals surface area contributed by atoms with Crippen molar-refractivity contribution in [3.8, 4) is 11.3 Å². The molecule has 1 aliphatic heterocycles. The van der Waals surface area contributed by atoms with E-state index < -0.39 is 0 Å². The van der Waals surface area contributed by atoms with E-state index in [0.717, 1.165) is 18.4 Å². The number of carbonyl (C=O) groups excluding carboxylic acids is 2.